The van der Waals surface area contributed by atoms with Gasteiger partial charge >= 0.3 is 0 Å². The van der Waals surface area contributed by atoms with Gasteiger partial charge in [0.1, 0.15) is 12.4 Å². The van der Waals surface area contributed by atoms with E-state index in [4.69, 9.17) is 17.0 Å². The molecule has 4 nitrogen and oxygen atoms in total. The number of nitrogens with zero attached hydrogens (tertiary/aromatic N) is 1. The first kappa shape index (κ1) is 17.9. The summed E-state index contributed by atoms with van der Waals surface area (Å²) in [5.74, 6) is 0.825. The van der Waals surface area contributed by atoms with Crippen molar-refractivity contribution < 1.29 is 4.74 Å². The van der Waals surface area contributed by atoms with Gasteiger partial charge in [0, 0.05) is 6.54 Å². The van der Waals surface area contributed by atoms with Crippen LogP contribution in [0.25, 0.3) is 10.8 Å². The quantitative estimate of drug-likeness (QED) is 0.391. The number of hydrogen-bond donors (Lipinski definition) is 2. The average molecular weight is 363 g/mol. The molecule has 0 saturated carbocycles. The molecule has 0 heterocycles. The van der Waals surface area contributed by atoms with Gasteiger partial charge in [0.25, 0.3) is 0 Å². The number of nitrogens with one attached hydrogen (secondary N) is 2. The van der Waals surface area contributed by atoms with E-state index >= 15 is 0 Å². The van der Waals surface area contributed by atoms with Gasteiger partial charge in [-0.2, -0.15) is 5.10 Å². The van der Waals surface area contributed by atoms with E-state index < -0.39 is 0 Å². The molecule has 3 aromatic carbocycles. The molecule has 0 aromatic heterocycles. The standard InChI is InChI=1S/C21H21N3OS/c1-2-22-21(26)24-23-14-16-10-12-19(13-11-16)25-15-18-8-5-7-17-6-3-4-9-20(17)18/h3-14H,2,15H2,1H3,(H2,22,24,26)/b23-14-. The Labute approximate surface area is 158 Å². The second-order valence-electron chi connectivity index (χ2n) is 5.73. The molecule has 0 fully saturated rings. The van der Waals surface area contributed by atoms with Gasteiger partial charge in [0.2, 0.25) is 0 Å². The zero-order valence-electron chi connectivity index (χ0n) is 14.6. The third-order valence-corrected chi connectivity index (χ3v) is 4.11. The van der Waals surface area contributed by atoms with Crippen molar-refractivity contribution in [3.63, 3.8) is 0 Å². The maximum absolute atomic E-state index is 5.94. The highest BCUT2D eigenvalue weighted by Crippen LogP contribution is 2.20. The van der Waals surface area contributed by atoms with E-state index in [1.165, 1.54) is 16.3 Å². The third kappa shape index (κ3) is 4.80. The zero-order chi connectivity index (χ0) is 18.2. The highest BCUT2D eigenvalue weighted by molar-refractivity contribution is 7.80. The Kier molecular flexibility index (Phi) is 6.17. The highest BCUT2D eigenvalue weighted by Gasteiger charge is 2.01. The molecule has 5 heteroatoms. The minimum absolute atomic E-state index is 0.513. The van der Waals surface area contributed by atoms with Crippen LogP contribution in [0.15, 0.2) is 71.8 Å². The summed E-state index contributed by atoms with van der Waals surface area (Å²) >= 11 is 5.05. The molecule has 0 aliphatic heterocycles. The minimum atomic E-state index is 0.513. The fraction of sp³-hybridized carbons (Fsp3) is 0.143. The summed E-state index contributed by atoms with van der Waals surface area (Å²) < 4.78 is 5.94. The monoisotopic (exact) mass is 363 g/mol. The van der Waals surface area contributed by atoms with Crippen LogP contribution in [-0.4, -0.2) is 17.9 Å². The van der Waals surface area contributed by atoms with Crippen LogP contribution in [0.4, 0.5) is 0 Å². The molecule has 3 aromatic rings. The fourth-order valence-corrected chi connectivity index (χ4v) is 2.79. The highest BCUT2D eigenvalue weighted by atomic mass is 32.1. The van der Waals surface area contributed by atoms with E-state index in [0.717, 1.165) is 17.9 Å². The summed E-state index contributed by atoms with van der Waals surface area (Å²) in [4.78, 5) is 0. The molecule has 0 atom stereocenters. The Balaban J connectivity index is 1.59. The summed E-state index contributed by atoms with van der Waals surface area (Å²) in [6, 6.07) is 22.4. The molecule has 0 spiro atoms. The average Bonchev–Trinajstić information content (AvgIpc) is 2.67. The summed E-state index contributed by atoms with van der Waals surface area (Å²) in [6.07, 6.45) is 1.72. The van der Waals surface area contributed by atoms with Crippen LogP contribution in [0, 0.1) is 0 Å². The third-order valence-electron chi connectivity index (χ3n) is 3.87. The van der Waals surface area contributed by atoms with Gasteiger partial charge in [-0.05, 0) is 65.3 Å². The number of hydrazone groups is 1. The van der Waals surface area contributed by atoms with E-state index in [0.29, 0.717) is 11.7 Å². The Hall–Kier alpha value is -2.92. The van der Waals surface area contributed by atoms with Gasteiger partial charge in [-0.3, -0.25) is 5.43 Å². The van der Waals surface area contributed by atoms with E-state index in [1.807, 2.05) is 37.3 Å². The largest absolute Gasteiger partial charge is 0.489 e. The van der Waals surface area contributed by atoms with E-state index in [2.05, 4.69) is 52.2 Å². The molecule has 2 N–H and O–H groups in total. The summed E-state index contributed by atoms with van der Waals surface area (Å²) in [6.45, 7) is 3.28. The smallest absolute Gasteiger partial charge is 0.186 e. The van der Waals surface area contributed by atoms with Crippen molar-refractivity contribution in [1.82, 2.24) is 10.7 Å². The first-order chi connectivity index (χ1) is 12.8. The van der Waals surface area contributed by atoms with E-state index in [-0.39, 0.29) is 0 Å². The lowest BCUT2D eigenvalue weighted by atomic mass is 10.1. The van der Waals surface area contributed by atoms with Gasteiger partial charge in [-0.15, -0.1) is 0 Å². The SMILES string of the molecule is CCNC(=S)N/N=C\c1ccc(OCc2cccc3ccccc23)cc1. The molecule has 0 radical (unpaired) electrons. The summed E-state index contributed by atoms with van der Waals surface area (Å²) in [5.41, 5.74) is 4.91. The molecule has 3 rings (SSSR count). The minimum Gasteiger partial charge on any atom is -0.489 e. The van der Waals surface area contributed by atoms with Crippen LogP contribution in [0.5, 0.6) is 5.75 Å². The van der Waals surface area contributed by atoms with Crippen molar-refractivity contribution in [3.05, 3.63) is 77.9 Å². The summed E-state index contributed by atoms with van der Waals surface area (Å²) in [7, 11) is 0. The normalized spacial score (nSPS) is 10.8. The van der Waals surface area contributed by atoms with Gasteiger partial charge in [-0.1, -0.05) is 42.5 Å². The van der Waals surface area contributed by atoms with Gasteiger partial charge in [-0.25, -0.2) is 0 Å². The Morgan fingerprint density at radius 1 is 1.04 bits per heavy atom. The maximum atomic E-state index is 5.94. The van der Waals surface area contributed by atoms with Crippen molar-refractivity contribution in [2.24, 2.45) is 5.10 Å². The van der Waals surface area contributed by atoms with E-state index in [1.54, 1.807) is 6.21 Å². The first-order valence-electron chi connectivity index (χ1n) is 8.52. The number of rotatable bonds is 6. The molecule has 0 bridgehead atoms. The molecular weight excluding hydrogens is 342 g/mol. The predicted octanol–water partition coefficient (Wildman–Crippen LogP) is 4.24. The molecule has 0 amide bonds. The molecule has 132 valence electrons. The van der Waals surface area contributed by atoms with Crippen molar-refractivity contribution in [2.75, 3.05) is 6.54 Å². The van der Waals surface area contributed by atoms with Crippen molar-refractivity contribution in [3.8, 4) is 5.75 Å². The van der Waals surface area contributed by atoms with Crippen LogP contribution in [0.1, 0.15) is 18.1 Å². The lowest BCUT2D eigenvalue weighted by Gasteiger charge is -2.09. The van der Waals surface area contributed by atoms with Gasteiger partial charge in [0.05, 0.1) is 6.21 Å². The van der Waals surface area contributed by atoms with Crippen molar-refractivity contribution >= 4 is 34.3 Å². The van der Waals surface area contributed by atoms with Crippen LogP contribution in [-0.2, 0) is 6.61 Å². The van der Waals surface area contributed by atoms with Crippen LogP contribution in [0.3, 0.4) is 0 Å². The lowest BCUT2D eigenvalue weighted by Crippen LogP contribution is -2.31. The second-order valence-corrected chi connectivity index (χ2v) is 6.13. The van der Waals surface area contributed by atoms with Crippen molar-refractivity contribution in [2.45, 2.75) is 13.5 Å². The lowest BCUT2D eigenvalue weighted by molar-refractivity contribution is 0.307. The maximum Gasteiger partial charge on any atom is 0.186 e. The van der Waals surface area contributed by atoms with Crippen LogP contribution in [0.2, 0.25) is 0 Å². The molecule has 0 aliphatic rings. The number of hydrogen-bond acceptors (Lipinski definition) is 3. The molecule has 0 aliphatic carbocycles. The molecule has 26 heavy (non-hydrogen) atoms. The fourth-order valence-electron chi connectivity index (χ4n) is 2.60. The van der Waals surface area contributed by atoms with Crippen LogP contribution < -0.4 is 15.5 Å². The number of ether oxygens (including phenoxy) is 1. The Bertz CT molecular complexity index is 901. The topological polar surface area (TPSA) is 45.7 Å². The molecule has 0 saturated heterocycles. The molecule has 0 unspecified atom stereocenters. The Morgan fingerprint density at radius 2 is 1.81 bits per heavy atom. The van der Waals surface area contributed by atoms with Gasteiger partial charge < -0.3 is 10.1 Å². The van der Waals surface area contributed by atoms with Crippen molar-refractivity contribution in [1.29, 1.82) is 0 Å². The Morgan fingerprint density at radius 3 is 2.62 bits per heavy atom. The number of benzene rings is 3. The second kappa shape index (κ2) is 8.97. The predicted molar refractivity (Wildman–Crippen MR) is 112 cm³/mol. The number of thiocarbonyl (C=S) groups is 1. The van der Waals surface area contributed by atoms with Gasteiger partial charge in [0.15, 0.2) is 5.11 Å². The van der Waals surface area contributed by atoms with E-state index in [9.17, 15) is 0 Å². The first-order valence-corrected chi connectivity index (χ1v) is 8.93. The number of fused-ring (bicyclic) bond motifs is 1. The zero-order valence-corrected chi connectivity index (χ0v) is 15.4. The van der Waals surface area contributed by atoms with Crippen LogP contribution >= 0.6 is 12.2 Å². The summed E-state index contributed by atoms with van der Waals surface area (Å²) in [5, 5.41) is 10.0. The molecular formula is C21H21N3OS.